The van der Waals surface area contributed by atoms with Gasteiger partial charge in [-0.1, -0.05) is 20.8 Å². The Morgan fingerprint density at radius 3 is 2.75 bits per heavy atom. The van der Waals surface area contributed by atoms with Crippen LogP contribution in [0.1, 0.15) is 27.2 Å². The normalized spacial score (nSPS) is 14.0. The first-order valence-electron chi connectivity index (χ1n) is 5.79. The van der Waals surface area contributed by atoms with Gasteiger partial charge in [0.2, 0.25) is 0 Å². The molecule has 0 aromatic carbocycles. The molecule has 4 heteroatoms. The van der Waals surface area contributed by atoms with Crippen molar-refractivity contribution in [2.75, 3.05) is 13.1 Å². The second-order valence-electron chi connectivity index (χ2n) is 5.34. The van der Waals surface area contributed by atoms with Gasteiger partial charge in [0.1, 0.15) is 0 Å². The number of alkyl halides is 1. The number of hydrogen-bond acceptors (Lipinski definition) is 2. The van der Waals surface area contributed by atoms with E-state index in [0.717, 1.165) is 26.1 Å². The van der Waals surface area contributed by atoms with Crippen LogP contribution in [0.25, 0.3) is 0 Å². The second kappa shape index (κ2) is 6.26. The Balaban J connectivity index is 2.07. The first-order valence-corrected chi connectivity index (χ1v) is 6.23. The average molecular weight is 244 g/mol. The summed E-state index contributed by atoms with van der Waals surface area (Å²) in [5, 5.41) is 7.70. The minimum Gasteiger partial charge on any atom is -0.313 e. The van der Waals surface area contributed by atoms with Crippen LogP contribution in [0.15, 0.2) is 18.5 Å². The molecule has 1 aromatic rings. The smallest absolute Gasteiger partial charge is 0.0533 e. The van der Waals surface area contributed by atoms with Crippen LogP contribution < -0.4 is 5.32 Å². The Hall–Kier alpha value is -0.540. The molecule has 0 bridgehead atoms. The standard InChI is InChI=1S/C12H22ClN3/c1-12(2,3)9-11(13)10-14-6-8-16-7-4-5-15-16/h4-5,7,11,14H,6,8-10H2,1-3H3. The van der Waals surface area contributed by atoms with Crippen LogP contribution in [0.5, 0.6) is 0 Å². The first kappa shape index (κ1) is 13.5. The van der Waals surface area contributed by atoms with Gasteiger partial charge in [0.15, 0.2) is 0 Å². The van der Waals surface area contributed by atoms with Crippen LogP contribution in [-0.2, 0) is 6.54 Å². The van der Waals surface area contributed by atoms with Crippen LogP contribution >= 0.6 is 11.6 Å². The number of aromatic nitrogens is 2. The summed E-state index contributed by atoms with van der Waals surface area (Å²) >= 11 is 6.24. The summed E-state index contributed by atoms with van der Waals surface area (Å²) in [6, 6.07) is 1.93. The molecule has 0 spiro atoms. The highest BCUT2D eigenvalue weighted by molar-refractivity contribution is 6.20. The molecule has 0 saturated carbocycles. The highest BCUT2D eigenvalue weighted by atomic mass is 35.5. The zero-order valence-electron chi connectivity index (χ0n) is 10.4. The van der Waals surface area contributed by atoms with E-state index in [1.807, 2.05) is 16.9 Å². The van der Waals surface area contributed by atoms with Crippen molar-refractivity contribution in [3.05, 3.63) is 18.5 Å². The van der Waals surface area contributed by atoms with Crippen LogP contribution in [0.4, 0.5) is 0 Å². The maximum atomic E-state index is 6.24. The van der Waals surface area contributed by atoms with Gasteiger partial charge in [0.05, 0.1) is 6.54 Å². The largest absolute Gasteiger partial charge is 0.313 e. The molecule has 1 N–H and O–H groups in total. The molecule has 92 valence electrons. The van der Waals surface area contributed by atoms with Crippen LogP contribution in [0.3, 0.4) is 0 Å². The van der Waals surface area contributed by atoms with Crippen molar-refractivity contribution in [1.29, 1.82) is 0 Å². The molecule has 0 saturated heterocycles. The molecule has 0 aliphatic rings. The van der Waals surface area contributed by atoms with Crippen molar-refractivity contribution in [3.8, 4) is 0 Å². The maximum Gasteiger partial charge on any atom is 0.0533 e. The Morgan fingerprint density at radius 2 is 2.19 bits per heavy atom. The lowest BCUT2D eigenvalue weighted by Gasteiger charge is -2.22. The van der Waals surface area contributed by atoms with E-state index in [-0.39, 0.29) is 5.38 Å². The van der Waals surface area contributed by atoms with Crippen molar-refractivity contribution in [2.45, 2.75) is 39.1 Å². The zero-order chi connectivity index (χ0) is 12.0. The van der Waals surface area contributed by atoms with Crippen molar-refractivity contribution in [2.24, 2.45) is 5.41 Å². The lowest BCUT2D eigenvalue weighted by molar-refractivity contribution is 0.363. The summed E-state index contributed by atoms with van der Waals surface area (Å²) < 4.78 is 1.92. The van der Waals surface area contributed by atoms with Gasteiger partial charge in [0, 0.05) is 30.9 Å². The third-order valence-electron chi connectivity index (χ3n) is 2.28. The fourth-order valence-electron chi connectivity index (χ4n) is 1.62. The molecule has 1 heterocycles. The topological polar surface area (TPSA) is 29.9 Å². The number of hydrogen-bond donors (Lipinski definition) is 1. The predicted molar refractivity (Wildman–Crippen MR) is 68.8 cm³/mol. The van der Waals surface area contributed by atoms with Crippen molar-refractivity contribution < 1.29 is 0 Å². The van der Waals surface area contributed by atoms with Crippen molar-refractivity contribution >= 4 is 11.6 Å². The highest BCUT2D eigenvalue weighted by Gasteiger charge is 2.16. The molecule has 3 nitrogen and oxygen atoms in total. The van der Waals surface area contributed by atoms with E-state index in [9.17, 15) is 0 Å². The van der Waals surface area contributed by atoms with Gasteiger partial charge in [-0.25, -0.2) is 0 Å². The van der Waals surface area contributed by atoms with E-state index in [1.54, 1.807) is 6.20 Å². The summed E-state index contributed by atoms with van der Waals surface area (Å²) in [6.45, 7) is 9.31. The molecule has 0 aliphatic carbocycles. The molecule has 1 unspecified atom stereocenters. The second-order valence-corrected chi connectivity index (χ2v) is 5.95. The minimum atomic E-state index is 0.206. The van der Waals surface area contributed by atoms with E-state index in [2.05, 4.69) is 31.2 Å². The SMILES string of the molecule is CC(C)(C)CC(Cl)CNCCn1cccn1. The molecule has 1 aromatic heterocycles. The Morgan fingerprint density at radius 1 is 1.44 bits per heavy atom. The molecule has 1 rings (SSSR count). The molecule has 0 amide bonds. The summed E-state index contributed by atoms with van der Waals surface area (Å²) in [5.41, 5.74) is 0.302. The third-order valence-corrected chi connectivity index (χ3v) is 2.59. The average Bonchev–Trinajstić information content (AvgIpc) is 2.62. The van der Waals surface area contributed by atoms with Gasteiger partial charge in [0.25, 0.3) is 0 Å². The Bertz CT molecular complexity index is 277. The van der Waals surface area contributed by atoms with Gasteiger partial charge in [-0.05, 0) is 17.9 Å². The molecule has 0 aliphatic heterocycles. The summed E-state index contributed by atoms with van der Waals surface area (Å²) in [6.07, 6.45) is 4.79. The summed E-state index contributed by atoms with van der Waals surface area (Å²) in [5.74, 6) is 0. The summed E-state index contributed by atoms with van der Waals surface area (Å²) in [4.78, 5) is 0. The van der Waals surface area contributed by atoms with E-state index in [4.69, 9.17) is 11.6 Å². The monoisotopic (exact) mass is 243 g/mol. The minimum absolute atomic E-state index is 0.206. The van der Waals surface area contributed by atoms with Crippen molar-refractivity contribution in [1.82, 2.24) is 15.1 Å². The molecule has 1 atom stereocenters. The lowest BCUT2D eigenvalue weighted by atomic mass is 9.90. The van der Waals surface area contributed by atoms with E-state index in [0.29, 0.717) is 5.41 Å². The fraction of sp³-hybridized carbons (Fsp3) is 0.750. The number of rotatable bonds is 6. The highest BCUT2D eigenvalue weighted by Crippen LogP contribution is 2.22. The first-order chi connectivity index (χ1) is 7.47. The van der Waals surface area contributed by atoms with Gasteiger partial charge in [-0.3, -0.25) is 4.68 Å². The van der Waals surface area contributed by atoms with Crippen LogP contribution in [0.2, 0.25) is 0 Å². The van der Waals surface area contributed by atoms with Gasteiger partial charge in [-0.15, -0.1) is 11.6 Å². The van der Waals surface area contributed by atoms with Gasteiger partial charge >= 0.3 is 0 Å². The van der Waals surface area contributed by atoms with E-state index in [1.165, 1.54) is 0 Å². The summed E-state index contributed by atoms with van der Waals surface area (Å²) in [7, 11) is 0. The number of nitrogens with zero attached hydrogens (tertiary/aromatic N) is 2. The quantitative estimate of drug-likeness (QED) is 0.615. The van der Waals surface area contributed by atoms with E-state index < -0.39 is 0 Å². The fourth-order valence-corrected chi connectivity index (χ4v) is 2.19. The Labute approximate surface area is 103 Å². The number of nitrogens with one attached hydrogen (secondary N) is 1. The Kier molecular flexibility index (Phi) is 5.29. The predicted octanol–water partition coefficient (Wildman–Crippen LogP) is 2.52. The van der Waals surface area contributed by atoms with Crippen LogP contribution in [0, 0.1) is 5.41 Å². The lowest BCUT2D eigenvalue weighted by Crippen LogP contribution is -2.29. The molecular formula is C12H22ClN3. The molecule has 16 heavy (non-hydrogen) atoms. The molecule has 0 fully saturated rings. The van der Waals surface area contributed by atoms with Gasteiger partial charge < -0.3 is 5.32 Å². The molecular weight excluding hydrogens is 222 g/mol. The molecule has 0 radical (unpaired) electrons. The van der Waals surface area contributed by atoms with Crippen molar-refractivity contribution in [3.63, 3.8) is 0 Å². The maximum absolute atomic E-state index is 6.24. The van der Waals surface area contributed by atoms with Crippen LogP contribution in [-0.4, -0.2) is 28.2 Å². The van der Waals surface area contributed by atoms with E-state index >= 15 is 0 Å². The van der Waals surface area contributed by atoms with Gasteiger partial charge in [-0.2, -0.15) is 5.10 Å². The third kappa shape index (κ3) is 6.13. The zero-order valence-corrected chi connectivity index (χ0v) is 11.2. The number of halogens is 1.